The quantitative estimate of drug-likeness (QED) is 0.254. The summed E-state index contributed by atoms with van der Waals surface area (Å²) in [5, 5.41) is 9.26. The Morgan fingerprint density at radius 1 is 0.900 bits per heavy atom. The zero-order valence-corrected chi connectivity index (χ0v) is 22.2. The summed E-state index contributed by atoms with van der Waals surface area (Å²) in [6, 6.07) is 16.0. The number of benzene rings is 3. The molecule has 0 saturated carbocycles. The summed E-state index contributed by atoms with van der Waals surface area (Å²) in [6.07, 6.45) is -0.249. The van der Waals surface area contributed by atoms with Crippen molar-refractivity contribution in [2.75, 3.05) is 26.3 Å². The van der Waals surface area contributed by atoms with E-state index in [0.717, 1.165) is 23.3 Å². The Bertz CT molecular complexity index is 1240. The Balaban J connectivity index is 1.56. The lowest BCUT2D eigenvalue weighted by molar-refractivity contribution is -0.149. The third kappa shape index (κ3) is 9.92. The highest BCUT2D eigenvalue weighted by Crippen LogP contribution is 2.16. The summed E-state index contributed by atoms with van der Waals surface area (Å²) < 4.78 is 56.6. The van der Waals surface area contributed by atoms with Crippen molar-refractivity contribution in [2.24, 2.45) is 0 Å². The molecular weight excluding hydrogens is 527 g/mol. The number of carboxylic acids is 1. The van der Waals surface area contributed by atoms with Gasteiger partial charge in [0.2, 0.25) is 0 Å². The molecule has 214 valence electrons. The molecule has 0 fully saturated rings. The number of hydrogen-bond acceptors (Lipinski definition) is 5. The molecule has 1 unspecified atom stereocenters. The summed E-state index contributed by atoms with van der Waals surface area (Å²) >= 11 is 0. The van der Waals surface area contributed by atoms with E-state index in [1.165, 1.54) is 23.1 Å². The molecule has 0 aliphatic rings. The zero-order valence-electron chi connectivity index (χ0n) is 22.2. The van der Waals surface area contributed by atoms with Gasteiger partial charge in [0.1, 0.15) is 36.4 Å². The fraction of sp³-hybridized carbons (Fsp3) is 0.333. The molecule has 1 N–H and O–H groups in total. The summed E-state index contributed by atoms with van der Waals surface area (Å²) in [7, 11) is 0. The van der Waals surface area contributed by atoms with Gasteiger partial charge in [0, 0.05) is 31.2 Å². The lowest BCUT2D eigenvalue weighted by atomic mass is 10.1. The second kappa shape index (κ2) is 15.5. The van der Waals surface area contributed by atoms with Crippen molar-refractivity contribution >= 4 is 12.1 Å². The van der Waals surface area contributed by atoms with Gasteiger partial charge in [0.05, 0.1) is 6.54 Å². The van der Waals surface area contributed by atoms with Crippen molar-refractivity contribution in [1.82, 2.24) is 4.90 Å². The van der Waals surface area contributed by atoms with Crippen LogP contribution in [-0.4, -0.2) is 54.5 Å². The van der Waals surface area contributed by atoms with Crippen molar-refractivity contribution in [3.63, 3.8) is 0 Å². The molecule has 0 radical (unpaired) electrons. The second-order valence-corrected chi connectivity index (χ2v) is 8.99. The maximum absolute atomic E-state index is 14.0. The maximum atomic E-state index is 14.0. The minimum Gasteiger partial charge on any atom is -0.492 e. The van der Waals surface area contributed by atoms with E-state index in [9.17, 15) is 27.9 Å². The molecule has 7 nitrogen and oxygen atoms in total. The number of hydrogen-bond donors (Lipinski definition) is 1. The van der Waals surface area contributed by atoms with Crippen LogP contribution in [0.25, 0.3) is 0 Å². The topological polar surface area (TPSA) is 85.3 Å². The van der Waals surface area contributed by atoms with Crippen LogP contribution in [-0.2, 0) is 33.7 Å². The van der Waals surface area contributed by atoms with Crippen LogP contribution in [0.2, 0.25) is 0 Å². The van der Waals surface area contributed by atoms with E-state index < -0.39 is 29.8 Å². The SMILES string of the molecule is CCOC(Cc1ccc(OCCN(CCCc2ccc(F)cc2)C(=O)OCc2ccc(F)cc2F)cc1)C(=O)O. The second-order valence-electron chi connectivity index (χ2n) is 8.99. The average molecular weight is 560 g/mol. The van der Waals surface area contributed by atoms with E-state index in [2.05, 4.69) is 0 Å². The number of amides is 1. The number of halogens is 3. The maximum Gasteiger partial charge on any atom is 0.410 e. The first-order valence-corrected chi connectivity index (χ1v) is 12.9. The highest BCUT2D eigenvalue weighted by molar-refractivity contribution is 5.72. The molecule has 0 saturated heterocycles. The third-order valence-corrected chi connectivity index (χ3v) is 6.05. The molecule has 3 rings (SSSR count). The number of rotatable bonds is 15. The number of carbonyl (C=O) groups is 2. The first-order valence-electron chi connectivity index (χ1n) is 12.9. The molecule has 10 heteroatoms. The van der Waals surface area contributed by atoms with Gasteiger partial charge in [-0.1, -0.05) is 24.3 Å². The van der Waals surface area contributed by atoms with E-state index >= 15 is 0 Å². The van der Waals surface area contributed by atoms with Crippen LogP contribution in [0.3, 0.4) is 0 Å². The molecule has 0 aromatic heterocycles. The number of carboxylic acid groups (broad SMARTS) is 1. The van der Waals surface area contributed by atoms with Gasteiger partial charge in [0.25, 0.3) is 0 Å². The van der Waals surface area contributed by atoms with Crippen LogP contribution in [0, 0.1) is 17.5 Å². The largest absolute Gasteiger partial charge is 0.492 e. The molecule has 1 atom stereocenters. The summed E-state index contributed by atoms with van der Waals surface area (Å²) in [6.45, 7) is 2.27. The molecule has 3 aromatic carbocycles. The molecule has 0 aliphatic carbocycles. The molecule has 0 aliphatic heterocycles. The zero-order chi connectivity index (χ0) is 28.9. The molecule has 0 bridgehead atoms. The van der Waals surface area contributed by atoms with E-state index in [4.69, 9.17) is 14.2 Å². The number of nitrogens with zero attached hydrogens (tertiary/aromatic N) is 1. The van der Waals surface area contributed by atoms with Crippen LogP contribution in [0.4, 0.5) is 18.0 Å². The lowest BCUT2D eigenvalue weighted by Crippen LogP contribution is -2.36. The predicted octanol–water partition coefficient (Wildman–Crippen LogP) is 5.79. The number of carbonyl (C=O) groups excluding carboxylic acids is 1. The molecule has 0 heterocycles. The minimum atomic E-state index is -1.03. The van der Waals surface area contributed by atoms with E-state index in [1.807, 2.05) is 0 Å². The summed E-state index contributed by atoms with van der Waals surface area (Å²) in [5.41, 5.74) is 1.73. The fourth-order valence-electron chi connectivity index (χ4n) is 3.92. The third-order valence-electron chi connectivity index (χ3n) is 6.05. The van der Waals surface area contributed by atoms with Crippen molar-refractivity contribution in [3.8, 4) is 5.75 Å². The van der Waals surface area contributed by atoms with Gasteiger partial charge in [-0.15, -0.1) is 0 Å². The fourth-order valence-corrected chi connectivity index (χ4v) is 3.92. The van der Waals surface area contributed by atoms with Gasteiger partial charge in [-0.3, -0.25) is 0 Å². The van der Waals surface area contributed by atoms with Gasteiger partial charge in [-0.2, -0.15) is 0 Å². The Hall–Kier alpha value is -4.05. The van der Waals surface area contributed by atoms with E-state index in [1.54, 1.807) is 43.3 Å². The van der Waals surface area contributed by atoms with Gasteiger partial charge in [-0.05, 0) is 67.3 Å². The Labute approximate surface area is 231 Å². The lowest BCUT2D eigenvalue weighted by Gasteiger charge is -2.22. The van der Waals surface area contributed by atoms with Crippen LogP contribution >= 0.6 is 0 Å². The monoisotopic (exact) mass is 559 g/mol. The molecule has 40 heavy (non-hydrogen) atoms. The average Bonchev–Trinajstić information content (AvgIpc) is 2.93. The normalized spacial score (nSPS) is 11.6. The van der Waals surface area contributed by atoms with Crippen LogP contribution in [0.15, 0.2) is 66.7 Å². The summed E-state index contributed by atoms with van der Waals surface area (Å²) in [4.78, 5) is 25.6. The highest BCUT2D eigenvalue weighted by atomic mass is 19.1. The van der Waals surface area contributed by atoms with Crippen LogP contribution < -0.4 is 4.74 Å². The van der Waals surface area contributed by atoms with Crippen molar-refractivity contribution in [2.45, 2.75) is 38.9 Å². The molecule has 3 aromatic rings. The number of aryl methyl sites for hydroxylation is 1. The van der Waals surface area contributed by atoms with Crippen molar-refractivity contribution in [3.05, 3.63) is 101 Å². The smallest absolute Gasteiger partial charge is 0.410 e. The van der Waals surface area contributed by atoms with Crippen LogP contribution in [0.1, 0.15) is 30.0 Å². The van der Waals surface area contributed by atoms with E-state index in [-0.39, 0.29) is 37.6 Å². The van der Waals surface area contributed by atoms with Gasteiger partial charge < -0.3 is 24.2 Å². The number of ether oxygens (including phenoxy) is 3. The van der Waals surface area contributed by atoms with Gasteiger partial charge in [-0.25, -0.2) is 22.8 Å². The van der Waals surface area contributed by atoms with Crippen molar-refractivity contribution in [1.29, 1.82) is 0 Å². The van der Waals surface area contributed by atoms with E-state index in [0.29, 0.717) is 31.7 Å². The Morgan fingerprint density at radius 2 is 1.57 bits per heavy atom. The van der Waals surface area contributed by atoms with Gasteiger partial charge >= 0.3 is 12.1 Å². The standard InChI is InChI=1S/C30H32F3NO6/c1-2-38-28(29(35)36)18-22-7-13-26(14-8-22)39-17-16-34(15-3-4-21-5-10-24(31)11-6-21)30(37)40-20-23-9-12-25(32)19-27(23)33/h5-14,19,28H,2-4,15-18,20H2,1H3,(H,35,36). The first kappa shape index (κ1) is 30.5. The highest BCUT2D eigenvalue weighted by Gasteiger charge is 2.19. The van der Waals surface area contributed by atoms with Crippen LogP contribution in [0.5, 0.6) is 5.75 Å². The molecule has 0 spiro atoms. The Kier molecular flexibility index (Phi) is 11.8. The molecular formula is C30H32F3NO6. The van der Waals surface area contributed by atoms with Gasteiger partial charge in [0.15, 0.2) is 6.10 Å². The summed E-state index contributed by atoms with van der Waals surface area (Å²) in [5.74, 6) is -2.37. The predicted molar refractivity (Wildman–Crippen MR) is 142 cm³/mol. The first-order chi connectivity index (χ1) is 19.2. The minimum absolute atomic E-state index is 0.0480. The Morgan fingerprint density at radius 3 is 2.23 bits per heavy atom. The number of aliphatic carboxylic acids is 1. The van der Waals surface area contributed by atoms with Crippen molar-refractivity contribution < 1.29 is 42.1 Å². The molecule has 1 amide bonds.